The van der Waals surface area contributed by atoms with E-state index in [-0.39, 0.29) is 0 Å². The highest BCUT2D eigenvalue weighted by Crippen LogP contribution is 2.46. The van der Waals surface area contributed by atoms with Crippen molar-refractivity contribution in [3.63, 3.8) is 0 Å². The molecule has 1 rings (SSSR count). The molecule has 1 heteroatoms. The second kappa shape index (κ2) is 9.80. The van der Waals surface area contributed by atoms with Crippen LogP contribution in [0.1, 0.15) is 91.4 Å². The fourth-order valence-electron chi connectivity index (χ4n) is 4.01. The van der Waals surface area contributed by atoms with E-state index in [9.17, 15) is 0 Å². The lowest BCUT2D eigenvalue weighted by atomic mass is 9.63. The summed E-state index contributed by atoms with van der Waals surface area (Å²) in [5, 5.41) is 3.56. The Bertz CT molecular complexity index is 184. The monoisotopic (exact) mass is 267 g/mol. The average Bonchev–Trinajstić information content (AvgIpc) is 2.48. The fraction of sp³-hybridized carbons (Fsp3) is 1.00. The van der Waals surface area contributed by atoms with Gasteiger partial charge in [0.2, 0.25) is 0 Å². The summed E-state index contributed by atoms with van der Waals surface area (Å²) in [7, 11) is 0. The van der Waals surface area contributed by atoms with Crippen LogP contribution in [-0.2, 0) is 0 Å². The zero-order valence-corrected chi connectivity index (χ0v) is 13.8. The van der Waals surface area contributed by atoms with Crippen molar-refractivity contribution in [2.45, 2.75) is 91.4 Å². The maximum Gasteiger partial charge on any atom is -0.00461 e. The summed E-state index contributed by atoms with van der Waals surface area (Å²) in [6.07, 6.45) is 15.8. The Labute approximate surface area is 121 Å². The molecule has 1 aliphatic heterocycles. The minimum Gasteiger partial charge on any atom is -0.317 e. The Morgan fingerprint density at radius 3 is 1.58 bits per heavy atom. The smallest absolute Gasteiger partial charge is 0.00461 e. The van der Waals surface area contributed by atoms with E-state index in [1.165, 1.54) is 83.7 Å². The van der Waals surface area contributed by atoms with Gasteiger partial charge >= 0.3 is 0 Å². The lowest BCUT2D eigenvalue weighted by molar-refractivity contribution is 0.0776. The summed E-state index contributed by atoms with van der Waals surface area (Å²) >= 11 is 0. The van der Waals surface area contributed by atoms with Crippen LogP contribution in [0.5, 0.6) is 0 Å². The standard InChI is InChI=1S/C18H37N/c1-4-7-12-18(13-8-5-2,14-9-6-3)17-10-15-19-16-11-17/h17,19H,4-16H2,1-3H3. The summed E-state index contributed by atoms with van der Waals surface area (Å²) in [4.78, 5) is 0. The van der Waals surface area contributed by atoms with E-state index < -0.39 is 0 Å². The van der Waals surface area contributed by atoms with Gasteiger partial charge in [0.15, 0.2) is 0 Å². The molecule has 1 heterocycles. The highest BCUT2D eigenvalue weighted by Gasteiger charge is 2.37. The molecule has 1 fully saturated rings. The molecule has 0 aromatic heterocycles. The molecule has 0 unspecified atom stereocenters. The van der Waals surface area contributed by atoms with Crippen LogP contribution in [0, 0.1) is 11.3 Å². The SMILES string of the molecule is CCCCC(CCCC)(CCCC)C1CCNCC1. The summed E-state index contributed by atoms with van der Waals surface area (Å²) in [5.41, 5.74) is 0.685. The highest BCUT2D eigenvalue weighted by atomic mass is 14.9. The second-order valence-corrected chi connectivity index (χ2v) is 6.70. The van der Waals surface area contributed by atoms with Crippen molar-refractivity contribution in [2.24, 2.45) is 11.3 Å². The molecule has 0 aromatic rings. The van der Waals surface area contributed by atoms with Gasteiger partial charge in [0.25, 0.3) is 0 Å². The number of hydrogen-bond donors (Lipinski definition) is 1. The predicted octanol–water partition coefficient (Wildman–Crippen LogP) is 5.54. The number of nitrogens with one attached hydrogen (secondary N) is 1. The number of unbranched alkanes of at least 4 members (excludes halogenated alkanes) is 3. The van der Waals surface area contributed by atoms with E-state index in [2.05, 4.69) is 26.1 Å². The third-order valence-corrected chi connectivity index (χ3v) is 5.29. The molecule has 1 saturated heterocycles. The molecule has 0 aliphatic carbocycles. The zero-order chi connectivity index (χ0) is 14.0. The first-order valence-corrected chi connectivity index (χ1v) is 8.99. The van der Waals surface area contributed by atoms with Gasteiger partial charge < -0.3 is 5.32 Å². The van der Waals surface area contributed by atoms with E-state index in [4.69, 9.17) is 0 Å². The molecular formula is C18H37N. The molecule has 0 spiro atoms. The Kier molecular flexibility index (Phi) is 8.77. The molecule has 114 valence electrons. The van der Waals surface area contributed by atoms with Crippen LogP contribution >= 0.6 is 0 Å². The minimum absolute atomic E-state index is 0.685. The van der Waals surface area contributed by atoms with Crippen LogP contribution in [0.2, 0.25) is 0 Å². The molecule has 0 saturated carbocycles. The Hall–Kier alpha value is -0.0400. The molecular weight excluding hydrogens is 230 g/mol. The molecule has 1 nitrogen and oxygen atoms in total. The Morgan fingerprint density at radius 2 is 1.21 bits per heavy atom. The van der Waals surface area contributed by atoms with Gasteiger partial charge in [-0.3, -0.25) is 0 Å². The first-order chi connectivity index (χ1) is 9.29. The van der Waals surface area contributed by atoms with E-state index in [1.54, 1.807) is 0 Å². The van der Waals surface area contributed by atoms with Crippen molar-refractivity contribution in [3.05, 3.63) is 0 Å². The van der Waals surface area contributed by atoms with Gasteiger partial charge in [-0.25, -0.2) is 0 Å². The van der Waals surface area contributed by atoms with E-state index in [0.29, 0.717) is 5.41 Å². The second-order valence-electron chi connectivity index (χ2n) is 6.70. The van der Waals surface area contributed by atoms with Crippen molar-refractivity contribution >= 4 is 0 Å². The Balaban J connectivity index is 2.73. The van der Waals surface area contributed by atoms with Crippen LogP contribution in [0.4, 0.5) is 0 Å². The molecule has 1 aliphatic rings. The number of hydrogen-bond acceptors (Lipinski definition) is 1. The van der Waals surface area contributed by atoms with Crippen LogP contribution in [0.3, 0.4) is 0 Å². The quantitative estimate of drug-likeness (QED) is 0.548. The molecule has 0 aromatic carbocycles. The molecule has 19 heavy (non-hydrogen) atoms. The predicted molar refractivity (Wildman–Crippen MR) is 86.6 cm³/mol. The maximum atomic E-state index is 3.56. The highest BCUT2D eigenvalue weighted by molar-refractivity contribution is 4.89. The van der Waals surface area contributed by atoms with Crippen LogP contribution in [0.25, 0.3) is 0 Å². The van der Waals surface area contributed by atoms with Gasteiger partial charge in [-0.15, -0.1) is 0 Å². The van der Waals surface area contributed by atoms with Crippen molar-refractivity contribution in [1.29, 1.82) is 0 Å². The first kappa shape index (κ1) is 17.0. The van der Waals surface area contributed by atoms with Crippen molar-refractivity contribution in [1.82, 2.24) is 5.32 Å². The van der Waals surface area contributed by atoms with Crippen LogP contribution in [-0.4, -0.2) is 13.1 Å². The van der Waals surface area contributed by atoms with Crippen LogP contribution in [0.15, 0.2) is 0 Å². The van der Waals surface area contributed by atoms with Gasteiger partial charge in [0.1, 0.15) is 0 Å². The first-order valence-electron chi connectivity index (χ1n) is 8.99. The van der Waals surface area contributed by atoms with Crippen LogP contribution < -0.4 is 5.32 Å². The van der Waals surface area contributed by atoms with Crippen molar-refractivity contribution in [3.8, 4) is 0 Å². The number of piperidine rings is 1. The molecule has 0 radical (unpaired) electrons. The maximum absolute atomic E-state index is 3.56. The molecule has 0 amide bonds. The Morgan fingerprint density at radius 1 is 0.789 bits per heavy atom. The third kappa shape index (κ3) is 5.45. The lowest BCUT2D eigenvalue weighted by Gasteiger charge is -2.44. The summed E-state index contributed by atoms with van der Waals surface area (Å²) < 4.78 is 0. The lowest BCUT2D eigenvalue weighted by Crippen LogP contribution is -2.39. The normalized spacial score (nSPS) is 17.8. The van der Waals surface area contributed by atoms with E-state index in [0.717, 1.165) is 5.92 Å². The number of rotatable bonds is 10. The largest absolute Gasteiger partial charge is 0.317 e. The van der Waals surface area contributed by atoms with Gasteiger partial charge in [-0.05, 0) is 56.5 Å². The van der Waals surface area contributed by atoms with Gasteiger partial charge in [0, 0.05) is 0 Å². The average molecular weight is 268 g/mol. The summed E-state index contributed by atoms with van der Waals surface area (Å²) in [5.74, 6) is 0.999. The summed E-state index contributed by atoms with van der Waals surface area (Å²) in [6.45, 7) is 9.58. The summed E-state index contributed by atoms with van der Waals surface area (Å²) in [6, 6.07) is 0. The van der Waals surface area contributed by atoms with Crippen molar-refractivity contribution < 1.29 is 0 Å². The van der Waals surface area contributed by atoms with Gasteiger partial charge in [-0.1, -0.05) is 59.3 Å². The fourth-order valence-corrected chi connectivity index (χ4v) is 4.01. The van der Waals surface area contributed by atoms with Gasteiger partial charge in [-0.2, -0.15) is 0 Å². The third-order valence-electron chi connectivity index (χ3n) is 5.29. The molecule has 0 atom stereocenters. The molecule has 0 bridgehead atoms. The topological polar surface area (TPSA) is 12.0 Å². The molecule has 1 N–H and O–H groups in total. The zero-order valence-electron chi connectivity index (χ0n) is 13.8. The van der Waals surface area contributed by atoms with E-state index in [1.807, 2.05) is 0 Å². The van der Waals surface area contributed by atoms with E-state index >= 15 is 0 Å². The van der Waals surface area contributed by atoms with Crippen molar-refractivity contribution in [2.75, 3.05) is 13.1 Å². The van der Waals surface area contributed by atoms with Gasteiger partial charge in [0.05, 0.1) is 0 Å². The minimum atomic E-state index is 0.685.